The number of carbonyl (C=O) groups is 1. The molecule has 3 aromatic rings. The van der Waals surface area contributed by atoms with Gasteiger partial charge in [0, 0.05) is 27.7 Å². The van der Waals surface area contributed by atoms with Gasteiger partial charge in [-0.15, -0.1) is 0 Å². The summed E-state index contributed by atoms with van der Waals surface area (Å²) in [5.41, 5.74) is 0.826. The topological polar surface area (TPSA) is 78.0 Å². The van der Waals surface area contributed by atoms with Gasteiger partial charge < -0.3 is 0 Å². The van der Waals surface area contributed by atoms with Crippen molar-refractivity contribution in [3.8, 4) is 5.69 Å². The largest absolute Gasteiger partial charge is 0.295 e. The number of aromatic nitrogens is 2. The van der Waals surface area contributed by atoms with E-state index >= 15 is 0 Å². The third-order valence-electron chi connectivity index (χ3n) is 3.36. The minimum Gasteiger partial charge on any atom is -0.295 e. The number of carbonyl (C=O) groups excluding carboxylic acids is 1. The van der Waals surface area contributed by atoms with E-state index in [1.807, 2.05) is 0 Å². The molecule has 0 aliphatic carbocycles. The maximum atomic E-state index is 14.1. The molecule has 116 valence electrons. The lowest BCUT2D eigenvalue weighted by atomic mass is 10.1. The molecule has 0 aliphatic rings. The quantitative estimate of drug-likeness (QED) is 0.392. The highest BCUT2D eigenvalue weighted by Crippen LogP contribution is 2.27. The highest BCUT2D eigenvalue weighted by atomic mass is 79.9. The number of ketones is 1. The minimum atomic E-state index is -0.755. The summed E-state index contributed by atoms with van der Waals surface area (Å²) >= 11 is 3.34. The Hall–Kier alpha value is -2.61. The van der Waals surface area contributed by atoms with Crippen LogP contribution < -0.4 is 0 Å². The molecule has 0 bridgehead atoms. The van der Waals surface area contributed by atoms with Crippen molar-refractivity contribution in [1.29, 1.82) is 0 Å². The lowest BCUT2D eigenvalue weighted by Crippen LogP contribution is -1.99. The van der Waals surface area contributed by atoms with Gasteiger partial charge in [-0.1, -0.05) is 0 Å². The first-order chi connectivity index (χ1) is 10.9. The number of nitro benzene ring substituents is 1. The number of fused-ring (bicyclic) bond motifs is 1. The maximum absolute atomic E-state index is 14.1. The summed E-state index contributed by atoms with van der Waals surface area (Å²) in [7, 11) is 0. The number of hydrogen-bond acceptors (Lipinski definition) is 4. The Morgan fingerprint density at radius 1 is 1.35 bits per heavy atom. The molecule has 1 aromatic heterocycles. The lowest BCUT2D eigenvalue weighted by molar-refractivity contribution is -0.385. The average molecular weight is 378 g/mol. The van der Waals surface area contributed by atoms with E-state index in [-0.39, 0.29) is 17.2 Å². The van der Waals surface area contributed by atoms with E-state index in [1.54, 1.807) is 18.3 Å². The Labute approximate surface area is 137 Å². The molecule has 6 nitrogen and oxygen atoms in total. The Morgan fingerprint density at radius 3 is 2.70 bits per heavy atom. The molecule has 2 aromatic carbocycles. The third kappa shape index (κ3) is 2.72. The van der Waals surface area contributed by atoms with Crippen LogP contribution in [0.3, 0.4) is 0 Å². The number of hydrogen-bond donors (Lipinski definition) is 0. The molecule has 0 saturated carbocycles. The summed E-state index contributed by atoms with van der Waals surface area (Å²) in [6.07, 6.45) is 1.57. The summed E-state index contributed by atoms with van der Waals surface area (Å²) in [4.78, 5) is 21.5. The summed E-state index contributed by atoms with van der Waals surface area (Å²) in [5, 5.41) is 15.6. The van der Waals surface area contributed by atoms with E-state index in [0.29, 0.717) is 20.9 Å². The van der Waals surface area contributed by atoms with Gasteiger partial charge in [-0.3, -0.25) is 14.9 Å². The monoisotopic (exact) mass is 377 g/mol. The summed E-state index contributed by atoms with van der Waals surface area (Å²) < 4.78 is 16.0. The summed E-state index contributed by atoms with van der Waals surface area (Å²) in [6.45, 7) is 1.45. The number of benzene rings is 2. The Kier molecular flexibility index (Phi) is 3.69. The molecule has 0 atom stereocenters. The summed E-state index contributed by atoms with van der Waals surface area (Å²) in [5.74, 6) is -0.850. The Bertz CT molecular complexity index is 968. The number of nitro groups is 1. The molecule has 0 fully saturated rings. The van der Waals surface area contributed by atoms with E-state index in [0.717, 1.165) is 6.07 Å². The van der Waals surface area contributed by atoms with E-state index in [4.69, 9.17) is 0 Å². The third-order valence-corrected chi connectivity index (χ3v) is 3.96. The van der Waals surface area contributed by atoms with E-state index in [9.17, 15) is 19.3 Å². The number of non-ortho nitro benzene ring substituents is 1. The van der Waals surface area contributed by atoms with Crippen molar-refractivity contribution in [3.05, 3.63) is 62.5 Å². The van der Waals surface area contributed by atoms with Crippen LogP contribution in [-0.4, -0.2) is 20.5 Å². The van der Waals surface area contributed by atoms with Crippen molar-refractivity contribution < 1.29 is 14.1 Å². The van der Waals surface area contributed by atoms with Crippen molar-refractivity contribution in [1.82, 2.24) is 9.78 Å². The molecule has 0 amide bonds. The molecule has 0 spiro atoms. The van der Waals surface area contributed by atoms with Crippen LogP contribution >= 0.6 is 15.9 Å². The van der Waals surface area contributed by atoms with Gasteiger partial charge >= 0.3 is 0 Å². The van der Waals surface area contributed by atoms with Gasteiger partial charge in [-0.25, -0.2) is 9.07 Å². The molecule has 1 heterocycles. The predicted molar refractivity (Wildman–Crippen MR) is 85.4 cm³/mol. The number of rotatable bonds is 3. The second-order valence-electron chi connectivity index (χ2n) is 4.92. The molecular weight excluding hydrogens is 369 g/mol. The van der Waals surface area contributed by atoms with Crippen LogP contribution in [0, 0.1) is 15.9 Å². The van der Waals surface area contributed by atoms with Crippen molar-refractivity contribution in [2.45, 2.75) is 6.92 Å². The normalized spacial score (nSPS) is 10.9. The second-order valence-corrected chi connectivity index (χ2v) is 5.77. The zero-order valence-electron chi connectivity index (χ0n) is 11.8. The molecule has 0 radical (unpaired) electrons. The molecule has 0 N–H and O–H groups in total. The van der Waals surface area contributed by atoms with Crippen LogP contribution in [0.1, 0.15) is 17.3 Å². The van der Waals surface area contributed by atoms with Crippen LogP contribution in [0.2, 0.25) is 0 Å². The van der Waals surface area contributed by atoms with Gasteiger partial charge in [0.15, 0.2) is 11.6 Å². The molecule has 8 heteroatoms. The predicted octanol–water partition coefficient (Wildman–Crippen LogP) is 4.04. The summed E-state index contributed by atoms with van der Waals surface area (Å²) in [6, 6.07) is 6.65. The first-order valence-electron chi connectivity index (χ1n) is 6.51. The van der Waals surface area contributed by atoms with E-state index in [1.165, 1.54) is 23.7 Å². The Balaban J connectivity index is 2.16. The molecular formula is C15H9BrFN3O3. The minimum absolute atomic E-state index is 0.0862. The van der Waals surface area contributed by atoms with Gasteiger partial charge in [0.05, 0.1) is 11.0 Å². The highest BCUT2D eigenvalue weighted by Gasteiger charge is 2.15. The first-order valence-corrected chi connectivity index (χ1v) is 7.30. The fourth-order valence-electron chi connectivity index (χ4n) is 2.21. The van der Waals surface area contributed by atoms with Crippen LogP contribution in [0.5, 0.6) is 0 Å². The van der Waals surface area contributed by atoms with Crippen molar-refractivity contribution >= 4 is 38.3 Å². The smallest absolute Gasteiger partial charge is 0.272 e. The van der Waals surface area contributed by atoms with Crippen molar-refractivity contribution in [2.75, 3.05) is 0 Å². The van der Waals surface area contributed by atoms with Crippen LogP contribution in [0.25, 0.3) is 16.6 Å². The molecule has 0 unspecified atom stereocenters. The van der Waals surface area contributed by atoms with E-state index < -0.39 is 10.7 Å². The van der Waals surface area contributed by atoms with Crippen LogP contribution in [-0.2, 0) is 0 Å². The molecule has 23 heavy (non-hydrogen) atoms. The van der Waals surface area contributed by atoms with Crippen molar-refractivity contribution in [2.24, 2.45) is 0 Å². The zero-order chi connectivity index (χ0) is 16.7. The fraction of sp³-hybridized carbons (Fsp3) is 0.0667. The number of nitrogens with zero attached hydrogens (tertiary/aromatic N) is 3. The SMILES string of the molecule is CC(=O)c1cc(Br)c2nn(-c3ccc([N+](=O)[O-])cc3F)cc2c1. The molecule has 0 aliphatic heterocycles. The van der Waals surface area contributed by atoms with Crippen LogP contribution in [0.4, 0.5) is 10.1 Å². The molecule has 3 rings (SSSR count). The molecule has 0 saturated heterocycles. The van der Waals surface area contributed by atoms with Gasteiger partial charge in [-0.2, -0.15) is 5.10 Å². The second kappa shape index (κ2) is 5.54. The Morgan fingerprint density at radius 2 is 2.09 bits per heavy atom. The van der Waals surface area contributed by atoms with E-state index in [2.05, 4.69) is 21.0 Å². The van der Waals surface area contributed by atoms with Crippen molar-refractivity contribution in [3.63, 3.8) is 0 Å². The van der Waals surface area contributed by atoms with Crippen LogP contribution in [0.15, 0.2) is 41.0 Å². The fourth-order valence-corrected chi connectivity index (χ4v) is 2.77. The lowest BCUT2D eigenvalue weighted by Gasteiger charge is -2.02. The first kappa shape index (κ1) is 15.3. The zero-order valence-corrected chi connectivity index (χ0v) is 13.4. The van der Waals surface area contributed by atoms with Gasteiger partial charge in [0.25, 0.3) is 5.69 Å². The standard InChI is InChI=1S/C15H9BrFN3O3/c1-8(21)9-4-10-7-19(18-15(10)12(16)5-9)14-3-2-11(20(22)23)6-13(14)17/h2-7H,1H3. The average Bonchev–Trinajstić information content (AvgIpc) is 2.91. The number of halogens is 2. The van der Waals surface area contributed by atoms with Gasteiger partial charge in [0.2, 0.25) is 0 Å². The number of Topliss-reactive ketones (excluding diaryl/α,β-unsaturated/α-hetero) is 1. The maximum Gasteiger partial charge on any atom is 0.272 e. The van der Waals surface area contributed by atoms with Gasteiger partial charge in [-0.05, 0) is 41.1 Å². The van der Waals surface area contributed by atoms with Gasteiger partial charge in [0.1, 0.15) is 11.2 Å². The highest BCUT2D eigenvalue weighted by molar-refractivity contribution is 9.10.